The summed E-state index contributed by atoms with van der Waals surface area (Å²) in [5.74, 6) is 4.73. The van der Waals surface area contributed by atoms with Gasteiger partial charge in [-0.1, -0.05) is 36.3 Å². The molecule has 3 aliphatic rings. The molecule has 196 valence electrons. The summed E-state index contributed by atoms with van der Waals surface area (Å²) in [6.45, 7) is 5.05. The van der Waals surface area contributed by atoms with Crippen molar-refractivity contribution in [2.24, 2.45) is 5.73 Å². The zero-order chi connectivity index (χ0) is 27.1. The smallest absolute Gasteiger partial charge is 0.298 e. The first-order valence-corrected chi connectivity index (χ1v) is 13.2. The molecule has 7 nitrogen and oxygen atoms in total. The first-order chi connectivity index (χ1) is 19.0. The summed E-state index contributed by atoms with van der Waals surface area (Å²) in [5.41, 5.74) is 15.3. The third kappa shape index (κ3) is 4.37. The van der Waals surface area contributed by atoms with Crippen molar-refractivity contribution in [1.29, 1.82) is 0 Å². The van der Waals surface area contributed by atoms with Gasteiger partial charge in [-0.3, -0.25) is 14.4 Å². The monoisotopic (exact) mass is 519 g/mol. The van der Waals surface area contributed by atoms with Crippen molar-refractivity contribution in [3.63, 3.8) is 0 Å². The molecule has 0 radical (unpaired) electrons. The van der Waals surface area contributed by atoms with Crippen molar-refractivity contribution in [2.75, 3.05) is 32.8 Å². The van der Waals surface area contributed by atoms with E-state index in [1.165, 1.54) is 5.56 Å². The number of benzene rings is 3. The van der Waals surface area contributed by atoms with Gasteiger partial charge in [0.1, 0.15) is 0 Å². The normalized spacial score (nSPS) is 15.5. The highest BCUT2D eigenvalue weighted by Gasteiger charge is 2.30. The third-order valence-corrected chi connectivity index (χ3v) is 7.94. The molecule has 39 heavy (non-hydrogen) atoms. The molecule has 3 aromatic rings. The zero-order valence-corrected chi connectivity index (χ0v) is 21.9. The Hall–Kier alpha value is -4.41. The van der Waals surface area contributed by atoms with Gasteiger partial charge >= 0.3 is 0 Å². The fourth-order valence-corrected chi connectivity index (χ4v) is 6.07. The quantitative estimate of drug-likeness (QED) is 0.420. The molecule has 0 saturated carbocycles. The lowest BCUT2D eigenvalue weighted by Gasteiger charge is -2.29. The van der Waals surface area contributed by atoms with E-state index in [0.717, 1.165) is 45.4 Å². The van der Waals surface area contributed by atoms with Crippen LogP contribution in [0.15, 0.2) is 48.5 Å². The third-order valence-electron chi connectivity index (χ3n) is 7.94. The van der Waals surface area contributed by atoms with Gasteiger partial charge in [0, 0.05) is 37.3 Å². The standard InChI is InChI=1S/C32H29N3O4/c1-2-4-29(36)35-12-11-23-21(19-35)5-3-6-25(23)26-9-10-27(31(33)37)28-18-22-17-20(7-8-24(22)30(26)28)32(38)34-13-15-39-16-14-34/h3,5-10,17H,11-16,18-19H2,1H3,(H2,33,37). The van der Waals surface area contributed by atoms with Gasteiger partial charge in [0.05, 0.1) is 13.2 Å². The Kier molecular flexibility index (Phi) is 6.41. The van der Waals surface area contributed by atoms with Crippen LogP contribution in [0, 0.1) is 11.8 Å². The average Bonchev–Trinajstić information content (AvgIpc) is 3.35. The first-order valence-electron chi connectivity index (χ1n) is 13.2. The van der Waals surface area contributed by atoms with Crippen molar-refractivity contribution in [3.8, 4) is 34.1 Å². The summed E-state index contributed by atoms with van der Waals surface area (Å²) in [5, 5.41) is 0. The zero-order valence-electron chi connectivity index (χ0n) is 21.9. The number of hydrogen-bond donors (Lipinski definition) is 1. The van der Waals surface area contributed by atoms with Gasteiger partial charge in [-0.15, -0.1) is 0 Å². The van der Waals surface area contributed by atoms with E-state index in [-0.39, 0.29) is 11.8 Å². The van der Waals surface area contributed by atoms with Gasteiger partial charge in [-0.05, 0) is 88.4 Å². The predicted molar refractivity (Wildman–Crippen MR) is 148 cm³/mol. The molecule has 6 rings (SSSR count). The molecule has 0 spiro atoms. The number of hydrogen-bond acceptors (Lipinski definition) is 4. The lowest BCUT2D eigenvalue weighted by molar-refractivity contribution is -0.125. The number of ether oxygens (including phenoxy) is 1. The maximum absolute atomic E-state index is 13.2. The Morgan fingerprint density at radius 3 is 2.44 bits per heavy atom. The molecule has 2 heterocycles. The Bertz CT molecular complexity index is 1590. The second-order valence-corrected chi connectivity index (χ2v) is 10.1. The van der Waals surface area contributed by atoms with Crippen molar-refractivity contribution in [2.45, 2.75) is 26.3 Å². The number of nitrogens with two attached hydrogens (primary N) is 1. The van der Waals surface area contributed by atoms with E-state index in [4.69, 9.17) is 10.5 Å². The van der Waals surface area contributed by atoms with E-state index in [0.29, 0.717) is 56.9 Å². The van der Waals surface area contributed by atoms with Gasteiger partial charge in [0.15, 0.2) is 0 Å². The molecule has 3 aromatic carbocycles. The van der Waals surface area contributed by atoms with Crippen LogP contribution >= 0.6 is 0 Å². The number of nitrogens with zero attached hydrogens (tertiary/aromatic N) is 2. The summed E-state index contributed by atoms with van der Waals surface area (Å²) in [6.07, 6.45) is 1.25. The molecule has 3 amide bonds. The molecular formula is C32H29N3O4. The minimum Gasteiger partial charge on any atom is -0.378 e. The van der Waals surface area contributed by atoms with Crippen LogP contribution in [-0.2, 0) is 28.9 Å². The second kappa shape index (κ2) is 10.0. The van der Waals surface area contributed by atoms with Crippen LogP contribution in [0.25, 0.3) is 22.3 Å². The van der Waals surface area contributed by atoms with Gasteiger partial charge in [-0.25, -0.2) is 0 Å². The van der Waals surface area contributed by atoms with E-state index >= 15 is 0 Å². The van der Waals surface area contributed by atoms with E-state index in [2.05, 4.69) is 24.0 Å². The number of carbonyl (C=O) groups excluding carboxylic acids is 3. The molecule has 2 aliphatic heterocycles. The van der Waals surface area contributed by atoms with Crippen LogP contribution < -0.4 is 5.73 Å². The van der Waals surface area contributed by atoms with Crippen LogP contribution in [-0.4, -0.2) is 60.4 Å². The van der Waals surface area contributed by atoms with Crippen molar-refractivity contribution < 1.29 is 19.1 Å². The average molecular weight is 520 g/mol. The van der Waals surface area contributed by atoms with Crippen molar-refractivity contribution in [3.05, 3.63) is 81.9 Å². The minimum absolute atomic E-state index is 0.00334. The number of rotatable bonds is 3. The topological polar surface area (TPSA) is 92.9 Å². The van der Waals surface area contributed by atoms with Gasteiger partial charge < -0.3 is 20.3 Å². The van der Waals surface area contributed by atoms with Gasteiger partial charge in [-0.2, -0.15) is 0 Å². The number of fused-ring (bicyclic) bond motifs is 4. The maximum Gasteiger partial charge on any atom is 0.298 e. The second-order valence-electron chi connectivity index (χ2n) is 10.1. The molecular weight excluding hydrogens is 490 g/mol. The predicted octanol–water partition coefficient (Wildman–Crippen LogP) is 3.40. The lowest BCUT2D eigenvalue weighted by atomic mass is 9.85. The fourth-order valence-electron chi connectivity index (χ4n) is 6.07. The number of morpholine rings is 1. The van der Waals surface area contributed by atoms with Crippen LogP contribution in [0.4, 0.5) is 0 Å². The van der Waals surface area contributed by atoms with E-state index in [1.54, 1.807) is 11.8 Å². The summed E-state index contributed by atoms with van der Waals surface area (Å²) in [7, 11) is 0. The SMILES string of the molecule is CC#CC(=O)N1CCc2c(cccc2-c2ccc(C(N)=O)c3c2-c2ccc(C(=O)N4CCOCC4)cc2C3)C1. The van der Waals surface area contributed by atoms with Crippen LogP contribution in [0.2, 0.25) is 0 Å². The van der Waals surface area contributed by atoms with Crippen molar-refractivity contribution >= 4 is 17.7 Å². The molecule has 2 N–H and O–H groups in total. The Labute approximate surface area is 227 Å². The largest absolute Gasteiger partial charge is 0.378 e. The molecule has 1 fully saturated rings. The molecule has 0 unspecified atom stereocenters. The molecule has 0 atom stereocenters. The van der Waals surface area contributed by atoms with Crippen LogP contribution in [0.1, 0.15) is 49.9 Å². The van der Waals surface area contributed by atoms with Crippen LogP contribution in [0.3, 0.4) is 0 Å². The minimum atomic E-state index is -0.462. The molecule has 0 aromatic heterocycles. The fraction of sp³-hybridized carbons (Fsp3) is 0.281. The summed E-state index contributed by atoms with van der Waals surface area (Å²) < 4.78 is 5.40. The summed E-state index contributed by atoms with van der Waals surface area (Å²) >= 11 is 0. The molecule has 0 bridgehead atoms. The Morgan fingerprint density at radius 1 is 0.872 bits per heavy atom. The van der Waals surface area contributed by atoms with Gasteiger partial charge in [0.25, 0.3) is 11.8 Å². The molecule has 1 saturated heterocycles. The van der Waals surface area contributed by atoms with E-state index in [1.807, 2.05) is 41.3 Å². The number of primary amides is 1. The van der Waals surface area contributed by atoms with Gasteiger partial charge in [0.2, 0.25) is 5.91 Å². The Morgan fingerprint density at radius 2 is 1.67 bits per heavy atom. The molecule has 1 aliphatic carbocycles. The van der Waals surface area contributed by atoms with E-state index in [9.17, 15) is 14.4 Å². The maximum atomic E-state index is 13.2. The molecule has 7 heteroatoms. The highest BCUT2D eigenvalue weighted by atomic mass is 16.5. The highest BCUT2D eigenvalue weighted by molar-refractivity contribution is 6.03. The summed E-state index contributed by atoms with van der Waals surface area (Å²) in [4.78, 5) is 41.6. The number of amides is 3. The van der Waals surface area contributed by atoms with Crippen LogP contribution in [0.5, 0.6) is 0 Å². The first kappa shape index (κ1) is 24.9. The highest BCUT2D eigenvalue weighted by Crippen LogP contribution is 2.46. The summed E-state index contributed by atoms with van der Waals surface area (Å²) in [6, 6.07) is 15.8. The Balaban J connectivity index is 1.42. The van der Waals surface area contributed by atoms with Crippen molar-refractivity contribution in [1.82, 2.24) is 9.80 Å². The van der Waals surface area contributed by atoms with E-state index < -0.39 is 5.91 Å². The lowest BCUT2D eigenvalue weighted by Crippen LogP contribution is -2.40. The number of carbonyl (C=O) groups is 3.